The van der Waals surface area contributed by atoms with Crippen LogP contribution in [0.3, 0.4) is 0 Å². The smallest absolute Gasteiger partial charge is 0.329 e. The van der Waals surface area contributed by atoms with E-state index in [1.54, 1.807) is 4.57 Å². The van der Waals surface area contributed by atoms with Gasteiger partial charge in [0, 0.05) is 51.3 Å². The van der Waals surface area contributed by atoms with Gasteiger partial charge in [-0.3, -0.25) is 9.13 Å². The molecular formula is C24H38N4O2. The lowest BCUT2D eigenvalue weighted by atomic mass is 9.88. The lowest BCUT2D eigenvalue weighted by molar-refractivity contribution is 0.0647. The Kier molecular flexibility index (Phi) is 7.28. The van der Waals surface area contributed by atoms with Crippen molar-refractivity contribution in [1.29, 1.82) is 0 Å². The van der Waals surface area contributed by atoms with Gasteiger partial charge < -0.3 is 15.7 Å². The maximum Gasteiger partial charge on any atom is 0.329 e. The van der Waals surface area contributed by atoms with Gasteiger partial charge in [0.05, 0.1) is 11.0 Å². The summed E-state index contributed by atoms with van der Waals surface area (Å²) in [5, 5.41) is 10.2. The Morgan fingerprint density at radius 1 is 1.00 bits per heavy atom. The van der Waals surface area contributed by atoms with Crippen LogP contribution in [0, 0.1) is 11.8 Å². The predicted molar refractivity (Wildman–Crippen MR) is 122 cm³/mol. The standard InChI is InChI=1S/C24H38N4O2/c25-13-15-27-22-10-6-7-11-23(22)28(24(27)30)21-12-14-26(17-20(21)18-29)16-19-8-4-2-1-3-5-9-19/h6-7,10-11,19-21,29H,1-5,8-9,12-18,25H2/t20-,21-/m0/s1. The first kappa shape index (κ1) is 21.6. The number of aliphatic hydroxyl groups excluding tert-OH is 1. The number of aliphatic hydroxyl groups is 1. The number of benzene rings is 1. The minimum absolute atomic E-state index is 0.0126. The van der Waals surface area contributed by atoms with Crippen molar-refractivity contribution in [3.8, 4) is 0 Å². The molecule has 3 N–H and O–H groups in total. The van der Waals surface area contributed by atoms with Gasteiger partial charge in [0.2, 0.25) is 0 Å². The van der Waals surface area contributed by atoms with Crippen molar-refractivity contribution in [2.24, 2.45) is 17.6 Å². The van der Waals surface area contributed by atoms with E-state index >= 15 is 0 Å². The Balaban J connectivity index is 1.53. The predicted octanol–water partition coefficient (Wildman–Crippen LogP) is 2.98. The molecule has 6 heteroatoms. The van der Waals surface area contributed by atoms with E-state index in [2.05, 4.69) is 4.90 Å². The number of aromatic nitrogens is 2. The van der Waals surface area contributed by atoms with E-state index in [-0.39, 0.29) is 24.3 Å². The third-order valence-corrected chi connectivity index (χ3v) is 7.31. The molecule has 1 aromatic carbocycles. The zero-order valence-electron chi connectivity index (χ0n) is 18.2. The van der Waals surface area contributed by atoms with Gasteiger partial charge in [-0.05, 0) is 37.3 Å². The Bertz CT molecular complexity index is 866. The average molecular weight is 415 g/mol. The van der Waals surface area contributed by atoms with Crippen LogP contribution in [0.25, 0.3) is 11.0 Å². The van der Waals surface area contributed by atoms with Crippen LogP contribution in [0.2, 0.25) is 0 Å². The second-order valence-electron chi connectivity index (χ2n) is 9.35. The zero-order valence-corrected chi connectivity index (χ0v) is 18.2. The molecule has 1 aliphatic carbocycles. The molecular weight excluding hydrogens is 376 g/mol. The molecule has 0 spiro atoms. The lowest BCUT2D eigenvalue weighted by Crippen LogP contribution is -2.46. The fourth-order valence-corrected chi connectivity index (χ4v) is 5.77. The fourth-order valence-electron chi connectivity index (χ4n) is 5.77. The van der Waals surface area contributed by atoms with Crippen LogP contribution in [0.15, 0.2) is 29.1 Å². The van der Waals surface area contributed by atoms with Crippen LogP contribution in [0.4, 0.5) is 0 Å². The molecule has 1 saturated carbocycles. The number of nitrogens with zero attached hydrogens (tertiary/aromatic N) is 3. The number of likely N-dealkylation sites (tertiary alicyclic amines) is 1. The highest BCUT2D eigenvalue weighted by atomic mass is 16.3. The highest BCUT2D eigenvalue weighted by Gasteiger charge is 2.33. The summed E-state index contributed by atoms with van der Waals surface area (Å²) in [5.74, 6) is 0.873. The summed E-state index contributed by atoms with van der Waals surface area (Å²) in [6.07, 6.45) is 10.5. The Hall–Kier alpha value is -1.63. The van der Waals surface area contributed by atoms with Crippen LogP contribution in [-0.4, -0.2) is 51.9 Å². The van der Waals surface area contributed by atoms with E-state index in [1.165, 1.54) is 44.9 Å². The van der Waals surface area contributed by atoms with Crippen molar-refractivity contribution in [3.05, 3.63) is 34.7 Å². The van der Waals surface area contributed by atoms with Crippen LogP contribution in [0.1, 0.15) is 57.4 Å². The number of hydrogen-bond acceptors (Lipinski definition) is 4. The molecule has 30 heavy (non-hydrogen) atoms. The van der Waals surface area contributed by atoms with Crippen molar-refractivity contribution in [3.63, 3.8) is 0 Å². The Morgan fingerprint density at radius 2 is 1.70 bits per heavy atom. The first-order chi connectivity index (χ1) is 14.7. The van der Waals surface area contributed by atoms with Gasteiger partial charge in [-0.25, -0.2) is 4.79 Å². The van der Waals surface area contributed by atoms with Crippen molar-refractivity contribution >= 4 is 11.0 Å². The molecule has 0 unspecified atom stereocenters. The van der Waals surface area contributed by atoms with E-state index in [0.29, 0.717) is 13.1 Å². The number of rotatable bonds is 6. The quantitative estimate of drug-likeness (QED) is 0.762. The molecule has 0 radical (unpaired) electrons. The van der Waals surface area contributed by atoms with Crippen LogP contribution in [0.5, 0.6) is 0 Å². The van der Waals surface area contributed by atoms with Gasteiger partial charge in [-0.1, -0.05) is 44.2 Å². The molecule has 4 rings (SSSR count). The monoisotopic (exact) mass is 414 g/mol. The minimum Gasteiger partial charge on any atom is -0.396 e. The number of nitrogens with two attached hydrogens (primary N) is 1. The molecule has 6 nitrogen and oxygen atoms in total. The number of hydrogen-bond donors (Lipinski definition) is 2. The van der Waals surface area contributed by atoms with Crippen LogP contribution < -0.4 is 11.4 Å². The van der Waals surface area contributed by atoms with E-state index in [0.717, 1.165) is 43.0 Å². The summed E-state index contributed by atoms with van der Waals surface area (Å²) in [7, 11) is 0. The van der Waals surface area contributed by atoms with E-state index < -0.39 is 0 Å². The van der Waals surface area contributed by atoms with Gasteiger partial charge in [-0.2, -0.15) is 0 Å². The molecule has 1 aromatic heterocycles. The molecule has 2 aromatic rings. The van der Waals surface area contributed by atoms with E-state index in [9.17, 15) is 9.90 Å². The molecule has 1 saturated heterocycles. The molecule has 2 atom stereocenters. The number of imidazole rings is 1. The topological polar surface area (TPSA) is 76.4 Å². The normalized spacial score (nSPS) is 24.7. The summed E-state index contributed by atoms with van der Waals surface area (Å²) in [4.78, 5) is 15.8. The first-order valence-corrected chi connectivity index (χ1v) is 12.0. The summed E-state index contributed by atoms with van der Waals surface area (Å²) in [6.45, 7) is 4.11. The average Bonchev–Trinajstić information content (AvgIpc) is 3.02. The Labute approximate surface area is 179 Å². The maximum atomic E-state index is 13.3. The summed E-state index contributed by atoms with van der Waals surface area (Å²) in [6, 6.07) is 8.03. The lowest BCUT2D eigenvalue weighted by Gasteiger charge is -2.40. The van der Waals surface area contributed by atoms with Crippen molar-refractivity contribution in [2.75, 3.05) is 32.8 Å². The van der Waals surface area contributed by atoms with Gasteiger partial charge in [0.1, 0.15) is 0 Å². The highest BCUT2D eigenvalue weighted by Crippen LogP contribution is 2.32. The molecule has 0 amide bonds. The van der Waals surface area contributed by atoms with Gasteiger partial charge >= 0.3 is 5.69 Å². The molecule has 2 heterocycles. The number of fused-ring (bicyclic) bond motifs is 1. The SMILES string of the molecule is NCCn1c(=O)n([C@H]2CCN(CC3CCCCCCC3)C[C@H]2CO)c2ccccc21. The summed E-state index contributed by atoms with van der Waals surface area (Å²) in [5.41, 5.74) is 7.70. The molecule has 166 valence electrons. The molecule has 2 aliphatic rings. The first-order valence-electron chi connectivity index (χ1n) is 12.0. The van der Waals surface area contributed by atoms with Gasteiger partial charge in [0.15, 0.2) is 0 Å². The molecule has 0 bridgehead atoms. The minimum atomic E-state index is 0.0126. The Morgan fingerprint density at radius 3 is 2.40 bits per heavy atom. The van der Waals surface area contributed by atoms with Crippen LogP contribution in [-0.2, 0) is 6.54 Å². The van der Waals surface area contributed by atoms with E-state index in [4.69, 9.17) is 5.73 Å². The van der Waals surface area contributed by atoms with Gasteiger partial charge in [0.25, 0.3) is 0 Å². The summed E-state index contributed by atoms with van der Waals surface area (Å²) >= 11 is 0. The zero-order chi connectivity index (χ0) is 20.9. The fraction of sp³-hybridized carbons (Fsp3) is 0.708. The second-order valence-corrected chi connectivity index (χ2v) is 9.35. The second kappa shape index (κ2) is 10.1. The highest BCUT2D eigenvalue weighted by molar-refractivity contribution is 5.76. The van der Waals surface area contributed by atoms with E-state index in [1.807, 2.05) is 28.8 Å². The van der Waals surface area contributed by atoms with Crippen molar-refractivity contribution in [2.45, 2.75) is 64.0 Å². The maximum absolute atomic E-state index is 13.3. The van der Waals surface area contributed by atoms with Gasteiger partial charge in [-0.15, -0.1) is 0 Å². The molecule has 2 fully saturated rings. The largest absolute Gasteiger partial charge is 0.396 e. The van der Waals surface area contributed by atoms with Crippen LogP contribution >= 0.6 is 0 Å². The third kappa shape index (κ3) is 4.51. The number of piperidine rings is 1. The third-order valence-electron chi connectivity index (χ3n) is 7.31. The number of para-hydroxylation sites is 2. The van der Waals surface area contributed by atoms with Crippen molar-refractivity contribution in [1.82, 2.24) is 14.0 Å². The molecule has 1 aliphatic heterocycles. The van der Waals surface area contributed by atoms with Crippen molar-refractivity contribution < 1.29 is 5.11 Å². The summed E-state index contributed by atoms with van der Waals surface area (Å²) < 4.78 is 3.74.